The summed E-state index contributed by atoms with van der Waals surface area (Å²) in [6.07, 6.45) is 4.94. The first-order chi connectivity index (χ1) is 15.7. The number of carbonyl (C=O) groups is 2. The van der Waals surface area contributed by atoms with Crippen molar-refractivity contribution in [3.05, 3.63) is 29.3 Å². The summed E-state index contributed by atoms with van der Waals surface area (Å²) in [5.74, 6) is -1.83. The molecule has 34 heavy (non-hydrogen) atoms. The lowest BCUT2D eigenvalue weighted by molar-refractivity contribution is -0.142. The lowest BCUT2D eigenvalue weighted by Gasteiger charge is -2.30. The summed E-state index contributed by atoms with van der Waals surface area (Å²) in [6.45, 7) is 5.36. The quantitative estimate of drug-likeness (QED) is 0.605. The highest BCUT2D eigenvalue weighted by Crippen LogP contribution is 2.22. The van der Waals surface area contributed by atoms with Gasteiger partial charge >= 0.3 is 5.97 Å². The van der Waals surface area contributed by atoms with Gasteiger partial charge in [-0.15, -0.1) is 0 Å². The maximum Gasteiger partial charge on any atom is 0.307 e. The third-order valence-electron chi connectivity index (χ3n) is 6.20. The predicted octanol–water partition coefficient (Wildman–Crippen LogP) is 1.66. The van der Waals surface area contributed by atoms with Crippen LogP contribution < -0.4 is 5.32 Å². The lowest BCUT2D eigenvalue weighted by Crippen LogP contribution is -2.43. The highest BCUT2D eigenvalue weighted by Gasteiger charge is 2.31. The van der Waals surface area contributed by atoms with Gasteiger partial charge in [0, 0.05) is 31.9 Å². The number of aliphatic carboxylic acids is 1. The molecule has 2 aliphatic rings. The summed E-state index contributed by atoms with van der Waals surface area (Å²) in [5.41, 5.74) is 3.06. The van der Waals surface area contributed by atoms with E-state index in [0.717, 1.165) is 30.3 Å². The molecule has 2 aliphatic heterocycles. The first-order valence-electron chi connectivity index (χ1n) is 11.2. The monoisotopic (exact) mass is 517 g/mol. The van der Waals surface area contributed by atoms with Crippen LogP contribution in [-0.4, -0.2) is 81.1 Å². The van der Waals surface area contributed by atoms with Gasteiger partial charge in [0.2, 0.25) is 26.0 Å². The minimum absolute atomic E-state index is 0.105. The van der Waals surface area contributed by atoms with Crippen LogP contribution in [0.15, 0.2) is 18.2 Å². The van der Waals surface area contributed by atoms with Crippen LogP contribution in [0.1, 0.15) is 36.8 Å². The first-order valence-corrected chi connectivity index (χ1v) is 14.9. The zero-order valence-electron chi connectivity index (χ0n) is 20.2. The van der Waals surface area contributed by atoms with Gasteiger partial charge in [0.15, 0.2) is 0 Å². The average Bonchev–Trinajstić information content (AvgIpc) is 2.76. The Morgan fingerprint density at radius 2 is 1.38 bits per heavy atom. The third kappa shape index (κ3) is 8.33. The summed E-state index contributed by atoms with van der Waals surface area (Å²) in [5, 5.41) is 11.6. The van der Waals surface area contributed by atoms with Crippen LogP contribution in [-0.2, 0) is 29.6 Å². The van der Waals surface area contributed by atoms with Gasteiger partial charge in [0.25, 0.3) is 0 Å². The minimum atomic E-state index is -3.22. The number of carboxylic acid groups (broad SMARTS) is 1. The molecule has 0 bridgehead atoms. The van der Waals surface area contributed by atoms with Gasteiger partial charge in [-0.2, -0.15) is 0 Å². The van der Waals surface area contributed by atoms with Gasteiger partial charge in [0.05, 0.1) is 24.3 Å². The molecule has 192 valence electrons. The summed E-state index contributed by atoms with van der Waals surface area (Å²) in [6, 6.07) is 5.77. The maximum absolute atomic E-state index is 12.3. The van der Waals surface area contributed by atoms with Gasteiger partial charge in [-0.25, -0.2) is 25.4 Å². The largest absolute Gasteiger partial charge is 0.481 e. The maximum atomic E-state index is 12.3. The molecule has 2 heterocycles. The highest BCUT2D eigenvalue weighted by molar-refractivity contribution is 7.88. The number of anilines is 1. The molecule has 1 aromatic rings. The molecular weight excluding hydrogens is 482 g/mol. The van der Waals surface area contributed by atoms with E-state index in [1.54, 1.807) is 0 Å². The van der Waals surface area contributed by atoms with Gasteiger partial charge in [-0.05, 0) is 62.8 Å². The van der Waals surface area contributed by atoms with E-state index in [2.05, 4.69) is 5.32 Å². The van der Waals surface area contributed by atoms with Crippen LogP contribution in [0, 0.1) is 25.7 Å². The lowest BCUT2D eigenvalue weighted by atomic mass is 9.98. The van der Waals surface area contributed by atoms with Crippen LogP contribution in [0.3, 0.4) is 0 Å². The molecule has 0 saturated carbocycles. The number of hydrogen-bond acceptors (Lipinski definition) is 6. The van der Waals surface area contributed by atoms with Crippen LogP contribution in [0.25, 0.3) is 0 Å². The van der Waals surface area contributed by atoms with E-state index in [9.17, 15) is 26.4 Å². The summed E-state index contributed by atoms with van der Waals surface area (Å²) in [7, 11) is -6.45. The molecule has 1 amide bonds. The predicted molar refractivity (Wildman–Crippen MR) is 130 cm³/mol. The molecule has 2 N–H and O–H groups in total. The van der Waals surface area contributed by atoms with Gasteiger partial charge in [-0.1, -0.05) is 6.07 Å². The molecule has 0 spiro atoms. The number of nitrogens with zero attached hydrogens (tertiary/aromatic N) is 2. The zero-order valence-corrected chi connectivity index (χ0v) is 21.8. The van der Waals surface area contributed by atoms with Crippen LogP contribution >= 0.6 is 0 Å². The van der Waals surface area contributed by atoms with Crippen LogP contribution in [0.2, 0.25) is 0 Å². The number of hydrogen-bond donors (Lipinski definition) is 2. The van der Waals surface area contributed by atoms with E-state index >= 15 is 0 Å². The zero-order chi connectivity index (χ0) is 25.7. The number of piperidine rings is 2. The van der Waals surface area contributed by atoms with E-state index in [-0.39, 0.29) is 24.9 Å². The fraction of sp³-hybridized carbons (Fsp3) is 0.636. The molecule has 0 aromatic heterocycles. The summed E-state index contributed by atoms with van der Waals surface area (Å²) < 4.78 is 48.0. The Hall–Kier alpha value is -2.02. The summed E-state index contributed by atoms with van der Waals surface area (Å²) >= 11 is 0. The highest BCUT2D eigenvalue weighted by atomic mass is 32.2. The van der Waals surface area contributed by atoms with Crippen LogP contribution in [0.4, 0.5) is 5.69 Å². The number of nitrogens with one attached hydrogen (secondary N) is 1. The molecule has 2 atom stereocenters. The number of carboxylic acids is 1. The molecule has 1 aromatic carbocycles. The first kappa shape index (κ1) is 28.2. The van der Waals surface area contributed by atoms with Crippen molar-refractivity contribution in [2.24, 2.45) is 11.8 Å². The Labute approximate surface area is 202 Å². The SMILES string of the molecule is CS(=O)(=O)N1CCC[C@H](C(=O)O)C1.Cc1ccc(NC(=O)[C@H]2CCCN(S(C)(=O)=O)C2)cc1C. The van der Waals surface area contributed by atoms with E-state index in [0.29, 0.717) is 25.9 Å². The van der Waals surface area contributed by atoms with Gasteiger partial charge in [0.1, 0.15) is 0 Å². The second kappa shape index (κ2) is 11.6. The van der Waals surface area contributed by atoms with E-state index in [1.807, 2.05) is 32.0 Å². The minimum Gasteiger partial charge on any atom is -0.481 e. The van der Waals surface area contributed by atoms with Crippen molar-refractivity contribution in [3.8, 4) is 0 Å². The fourth-order valence-corrected chi connectivity index (χ4v) is 5.79. The second-order valence-corrected chi connectivity index (χ2v) is 13.0. The van der Waals surface area contributed by atoms with E-state index in [4.69, 9.17) is 5.11 Å². The number of aryl methyl sites for hydroxylation is 2. The number of benzene rings is 1. The Bertz CT molecular complexity index is 1100. The van der Waals surface area contributed by atoms with Crippen molar-refractivity contribution in [1.29, 1.82) is 0 Å². The molecule has 0 aliphatic carbocycles. The molecular formula is C22H35N3O7S2. The Kier molecular flexibility index (Phi) is 9.63. The molecule has 0 unspecified atom stereocenters. The van der Waals surface area contributed by atoms with Crippen molar-refractivity contribution in [3.63, 3.8) is 0 Å². The molecule has 10 nitrogen and oxygen atoms in total. The van der Waals surface area contributed by atoms with Gasteiger partial charge < -0.3 is 10.4 Å². The normalized spacial score (nSPS) is 22.4. The third-order valence-corrected chi connectivity index (χ3v) is 8.74. The van der Waals surface area contributed by atoms with Crippen molar-refractivity contribution in [1.82, 2.24) is 8.61 Å². The Balaban J connectivity index is 0.000000270. The second-order valence-electron chi connectivity index (χ2n) is 9.05. The van der Waals surface area contributed by atoms with Crippen molar-refractivity contribution in [2.45, 2.75) is 39.5 Å². The fourth-order valence-electron chi connectivity index (χ4n) is 3.97. The number of rotatable bonds is 5. The van der Waals surface area contributed by atoms with Crippen molar-refractivity contribution in [2.75, 3.05) is 44.0 Å². The van der Waals surface area contributed by atoms with Gasteiger partial charge in [-0.3, -0.25) is 9.59 Å². The molecule has 2 fully saturated rings. The Morgan fingerprint density at radius 3 is 1.85 bits per heavy atom. The smallest absolute Gasteiger partial charge is 0.307 e. The van der Waals surface area contributed by atoms with Crippen molar-refractivity contribution < 1.29 is 31.5 Å². The Morgan fingerprint density at radius 1 is 0.882 bits per heavy atom. The van der Waals surface area contributed by atoms with E-state index in [1.165, 1.54) is 20.4 Å². The number of amides is 1. The topological polar surface area (TPSA) is 141 Å². The van der Waals surface area contributed by atoms with Crippen molar-refractivity contribution >= 4 is 37.6 Å². The number of sulfonamides is 2. The molecule has 2 saturated heterocycles. The average molecular weight is 518 g/mol. The van der Waals surface area contributed by atoms with E-state index < -0.39 is 31.9 Å². The summed E-state index contributed by atoms with van der Waals surface area (Å²) in [4.78, 5) is 22.9. The van der Waals surface area contributed by atoms with Crippen LogP contribution in [0.5, 0.6) is 0 Å². The standard InChI is InChI=1S/C15H22N2O3S.C7H13NO4S/c1-11-6-7-14(9-12(11)2)16-15(18)13-5-4-8-17(10-13)21(3,19)20;1-13(11,12)8-4-2-3-6(5-8)7(9)10/h6-7,9,13H,4-5,8,10H2,1-3H3,(H,16,18);6H,2-5H2,1H3,(H,9,10)/t13-;6-/m00/s1. The number of carbonyl (C=O) groups excluding carboxylic acids is 1. The molecule has 3 rings (SSSR count). The molecule has 0 radical (unpaired) electrons. The molecule has 12 heteroatoms.